The van der Waals surface area contributed by atoms with Crippen molar-refractivity contribution in [2.45, 2.75) is 31.8 Å². The third-order valence-corrected chi connectivity index (χ3v) is 4.31. The Kier molecular flexibility index (Phi) is 5.27. The molecule has 21 heavy (non-hydrogen) atoms. The molecule has 0 bridgehead atoms. The first-order chi connectivity index (χ1) is 9.95. The van der Waals surface area contributed by atoms with Gasteiger partial charge in [0.1, 0.15) is 11.6 Å². The lowest BCUT2D eigenvalue weighted by atomic mass is 9.87. The predicted molar refractivity (Wildman–Crippen MR) is 77.6 cm³/mol. The van der Waals surface area contributed by atoms with E-state index in [4.69, 9.17) is 10.6 Å². The molecule has 6 heteroatoms. The summed E-state index contributed by atoms with van der Waals surface area (Å²) in [6.45, 7) is 7.07. The van der Waals surface area contributed by atoms with Crippen LogP contribution in [0.2, 0.25) is 0 Å². The zero-order valence-electron chi connectivity index (χ0n) is 12.5. The van der Waals surface area contributed by atoms with E-state index in [0.29, 0.717) is 25.2 Å². The third-order valence-electron chi connectivity index (χ3n) is 4.31. The Morgan fingerprint density at radius 1 is 1.33 bits per heavy atom. The Hall–Kier alpha value is -1.08. The van der Waals surface area contributed by atoms with Crippen LogP contribution in [0.1, 0.15) is 19.4 Å². The van der Waals surface area contributed by atoms with Crippen molar-refractivity contribution in [3.63, 3.8) is 0 Å². The number of nitrogens with zero attached hydrogens (tertiary/aromatic N) is 1. The minimum absolute atomic E-state index is 0.202. The molecule has 1 aromatic carbocycles. The van der Waals surface area contributed by atoms with Crippen LogP contribution in [-0.4, -0.2) is 42.8 Å². The second-order valence-electron chi connectivity index (χ2n) is 5.91. The Morgan fingerprint density at radius 2 is 2.00 bits per heavy atom. The number of ether oxygens (including phenoxy) is 1. The molecule has 3 N–H and O–H groups in total. The topological polar surface area (TPSA) is 50.5 Å². The molecule has 1 heterocycles. The SMILES string of the molecule is CC(C)(C(Cc1cc(F)ccc1F)NN)N1CCOCC1. The van der Waals surface area contributed by atoms with Crippen molar-refractivity contribution in [2.24, 2.45) is 5.84 Å². The first kappa shape index (κ1) is 16.3. The van der Waals surface area contributed by atoms with E-state index < -0.39 is 11.6 Å². The van der Waals surface area contributed by atoms with E-state index in [1.807, 2.05) is 0 Å². The molecule has 0 saturated carbocycles. The number of benzene rings is 1. The smallest absolute Gasteiger partial charge is 0.126 e. The van der Waals surface area contributed by atoms with Gasteiger partial charge < -0.3 is 4.74 Å². The molecule has 0 amide bonds. The number of morpholine rings is 1. The van der Waals surface area contributed by atoms with Crippen LogP contribution in [0.3, 0.4) is 0 Å². The Labute approximate surface area is 124 Å². The van der Waals surface area contributed by atoms with Gasteiger partial charge >= 0.3 is 0 Å². The molecule has 1 aliphatic heterocycles. The average Bonchev–Trinajstić information content (AvgIpc) is 2.48. The van der Waals surface area contributed by atoms with E-state index in [1.54, 1.807) is 0 Å². The second kappa shape index (κ2) is 6.79. The molecule has 1 saturated heterocycles. The summed E-state index contributed by atoms with van der Waals surface area (Å²) < 4.78 is 32.5. The van der Waals surface area contributed by atoms with Gasteiger partial charge in [-0.15, -0.1) is 0 Å². The minimum Gasteiger partial charge on any atom is -0.379 e. The van der Waals surface area contributed by atoms with Crippen LogP contribution in [-0.2, 0) is 11.2 Å². The van der Waals surface area contributed by atoms with Crippen molar-refractivity contribution in [1.29, 1.82) is 0 Å². The van der Waals surface area contributed by atoms with Crippen molar-refractivity contribution in [2.75, 3.05) is 26.3 Å². The lowest BCUT2D eigenvalue weighted by molar-refractivity contribution is -0.0233. The largest absolute Gasteiger partial charge is 0.379 e. The maximum absolute atomic E-state index is 13.8. The van der Waals surface area contributed by atoms with Gasteiger partial charge in [0.15, 0.2) is 0 Å². The van der Waals surface area contributed by atoms with E-state index in [9.17, 15) is 8.78 Å². The van der Waals surface area contributed by atoms with Gasteiger partial charge in [-0.25, -0.2) is 8.78 Å². The summed E-state index contributed by atoms with van der Waals surface area (Å²) in [5, 5.41) is 0. The average molecular weight is 299 g/mol. The van der Waals surface area contributed by atoms with Crippen molar-refractivity contribution < 1.29 is 13.5 Å². The number of hydrogen-bond donors (Lipinski definition) is 2. The molecule has 0 aliphatic carbocycles. The first-order valence-electron chi connectivity index (χ1n) is 7.18. The molecule has 118 valence electrons. The number of rotatable bonds is 5. The van der Waals surface area contributed by atoms with Crippen LogP contribution in [0.25, 0.3) is 0 Å². The van der Waals surface area contributed by atoms with Crippen molar-refractivity contribution >= 4 is 0 Å². The van der Waals surface area contributed by atoms with Crippen LogP contribution in [0.5, 0.6) is 0 Å². The zero-order chi connectivity index (χ0) is 15.5. The normalized spacial score (nSPS) is 18.7. The molecule has 0 aromatic heterocycles. The number of nitrogens with one attached hydrogen (secondary N) is 1. The second-order valence-corrected chi connectivity index (χ2v) is 5.91. The maximum Gasteiger partial charge on any atom is 0.126 e. The van der Waals surface area contributed by atoms with Crippen LogP contribution >= 0.6 is 0 Å². The van der Waals surface area contributed by atoms with Crippen molar-refractivity contribution in [3.05, 3.63) is 35.4 Å². The van der Waals surface area contributed by atoms with Gasteiger partial charge in [0.2, 0.25) is 0 Å². The molecule has 0 spiro atoms. The quantitative estimate of drug-likeness (QED) is 0.638. The maximum atomic E-state index is 13.8. The lowest BCUT2D eigenvalue weighted by Crippen LogP contribution is -2.62. The van der Waals surface area contributed by atoms with E-state index in [1.165, 1.54) is 6.07 Å². The first-order valence-corrected chi connectivity index (χ1v) is 7.18. The number of hydrazine groups is 1. The van der Waals surface area contributed by atoms with Gasteiger partial charge in [0.25, 0.3) is 0 Å². The number of halogens is 2. The number of nitrogens with two attached hydrogens (primary N) is 1. The van der Waals surface area contributed by atoms with E-state index >= 15 is 0 Å². The minimum atomic E-state index is -0.439. The molecule has 1 aromatic rings. The molecule has 0 radical (unpaired) electrons. The van der Waals surface area contributed by atoms with Crippen LogP contribution in [0.4, 0.5) is 8.78 Å². The van der Waals surface area contributed by atoms with Gasteiger partial charge in [0, 0.05) is 24.7 Å². The van der Waals surface area contributed by atoms with Gasteiger partial charge in [-0.05, 0) is 44.0 Å². The zero-order valence-corrected chi connectivity index (χ0v) is 12.5. The highest BCUT2D eigenvalue weighted by molar-refractivity contribution is 5.21. The summed E-state index contributed by atoms with van der Waals surface area (Å²) >= 11 is 0. The monoisotopic (exact) mass is 299 g/mol. The lowest BCUT2D eigenvalue weighted by Gasteiger charge is -2.45. The van der Waals surface area contributed by atoms with E-state index in [2.05, 4.69) is 24.2 Å². The predicted octanol–water partition coefficient (Wildman–Crippen LogP) is 1.45. The van der Waals surface area contributed by atoms with Crippen LogP contribution in [0, 0.1) is 11.6 Å². The van der Waals surface area contributed by atoms with Gasteiger partial charge in [-0.3, -0.25) is 16.2 Å². The molecule has 1 unspecified atom stereocenters. The fraction of sp³-hybridized carbons (Fsp3) is 0.600. The molecular weight excluding hydrogens is 276 g/mol. The van der Waals surface area contributed by atoms with E-state index in [0.717, 1.165) is 25.2 Å². The van der Waals surface area contributed by atoms with Crippen molar-refractivity contribution in [3.8, 4) is 0 Å². The molecule has 1 fully saturated rings. The van der Waals surface area contributed by atoms with Gasteiger partial charge in [0.05, 0.1) is 13.2 Å². The summed E-state index contributed by atoms with van der Waals surface area (Å²) in [5.74, 6) is 4.83. The van der Waals surface area contributed by atoms with Gasteiger partial charge in [-0.2, -0.15) is 0 Å². The fourth-order valence-corrected chi connectivity index (χ4v) is 2.79. The van der Waals surface area contributed by atoms with Gasteiger partial charge in [-0.1, -0.05) is 0 Å². The molecule has 4 nitrogen and oxygen atoms in total. The Morgan fingerprint density at radius 3 is 2.62 bits per heavy atom. The van der Waals surface area contributed by atoms with Crippen LogP contribution in [0.15, 0.2) is 18.2 Å². The van der Waals surface area contributed by atoms with Crippen molar-refractivity contribution in [1.82, 2.24) is 10.3 Å². The summed E-state index contributed by atoms with van der Waals surface area (Å²) in [5.41, 5.74) is 2.80. The number of hydrogen-bond acceptors (Lipinski definition) is 4. The highest BCUT2D eigenvalue weighted by Crippen LogP contribution is 2.24. The molecule has 1 atom stereocenters. The molecular formula is C15H23F2N3O. The Bertz CT molecular complexity index is 476. The highest BCUT2D eigenvalue weighted by atomic mass is 19.1. The summed E-state index contributed by atoms with van der Waals surface area (Å²) in [6, 6.07) is 3.30. The van der Waals surface area contributed by atoms with Crippen LogP contribution < -0.4 is 11.3 Å². The highest BCUT2D eigenvalue weighted by Gasteiger charge is 2.36. The standard InChI is InChI=1S/C15H23F2N3O/c1-15(2,20-5-7-21-8-6-20)14(19-18)10-11-9-12(16)3-4-13(11)17/h3-4,9,14,19H,5-8,10,18H2,1-2H3. The molecule has 2 rings (SSSR count). The Balaban J connectivity index is 2.16. The summed E-state index contributed by atoms with van der Waals surface area (Å²) in [6.07, 6.45) is 0.324. The summed E-state index contributed by atoms with van der Waals surface area (Å²) in [4.78, 5) is 2.26. The summed E-state index contributed by atoms with van der Waals surface area (Å²) in [7, 11) is 0. The third kappa shape index (κ3) is 3.77. The molecule has 1 aliphatic rings. The van der Waals surface area contributed by atoms with E-state index in [-0.39, 0.29) is 11.6 Å². The fourth-order valence-electron chi connectivity index (χ4n) is 2.79.